The summed E-state index contributed by atoms with van der Waals surface area (Å²) in [6, 6.07) is 0. The maximum absolute atomic E-state index is 11.5. The van der Waals surface area contributed by atoms with E-state index in [0.29, 0.717) is 12.8 Å². The molecule has 1 N–H and O–H groups in total. The minimum Gasteiger partial charge on any atom is -0.512 e. The Morgan fingerprint density at radius 3 is 1.94 bits per heavy atom. The number of carbonyl (C=O) groups is 1. The van der Waals surface area contributed by atoms with Gasteiger partial charge < -0.3 is 5.11 Å². The van der Waals surface area contributed by atoms with Crippen LogP contribution in [0.4, 0.5) is 0 Å². The topological polar surface area (TPSA) is 37.3 Å². The Bertz CT molecular complexity index is 219. The highest BCUT2D eigenvalue weighted by Gasteiger charge is 2.01. The first-order valence-corrected chi connectivity index (χ1v) is 7.13. The van der Waals surface area contributed by atoms with E-state index < -0.39 is 0 Å². The molecule has 0 unspecified atom stereocenters. The van der Waals surface area contributed by atoms with Gasteiger partial charge in [-0.25, -0.2) is 0 Å². The molecule has 0 saturated carbocycles. The third kappa shape index (κ3) is 11.5. The lowest BCUT2D eigenvalue weighted by Crippen LogP contribution is -1.95. The van der Waals surface area contributed by atoms with Crippen molar-refractivity contribution in [2.24, 2.45) is 0 Å². The van der Waals surface area contributed by atoms with Crippen LogP contribution in [0.1, 0.15) is 78.1 Å². The van der Waals surface area contributed by atoms with Gasteiger partial charge in [-0.3, -0.25) is 4.79 Å². The summed E-state index contributed by atoms with van der Waals surface area (Å²) in [6.45, 7) is 4.32. The fourth-order valence-corrected chi connectivity index (χ4v) is 1.79. The van der Waals surface area contributed by atoms with E-state index in [1.807, 2.05) is 0 Å². The van der Waals surface area contributed by atoms with Crippen LogP contribution in [0, 0.1) is 0 Å². The van der Waals surface area contributed by atoms with Crippen LogP contribution in [0.25, 0.3) is 0 Å². The van der Waals surface area contributed by atoms with Crippen molar-refractivity contribution in [3.05, 3.63) is 11.8 Å². The smallest absolute Gasteiger partial charge is 0.159 e. The molecule has 2 heteroatoms. The molecular formula is C15H28O2. The van der Waals surface area contributed by atoms with E-state index in [1.165, 1.54) is 31.8 Å². The second kappa shape index (κ2) is 11.7. The maximum Gasteiger partial charge on any atom is 0.159 e. The zero-order valence-electron chi connectivity index (χ0n) is 11.5. The molecule has 100 valence electrons. The van der Waals surface area contributed by atoms with Gasteiger partial charge in [0.15, 0.2) is 5.78 Å². The molecule has 0 atom stereocenters. The number of rotatable bonds is 11. The van der Waals surface area contributed by atoms with E-state index in [2.05, 4.69) is 13.8 Å². The van der Waals surface area contributed by atoms with E-state index in [-0.39, 0.29) is 11.5 Å². The van der Waals surface area contributed by atoms with E-state index >= 15 is 0 Å². The quantitative estimate of drug-likeness (QED) is 0.315. The third-order valence-corrected chi connectivity index (χ3v) is 2.89. The molecule has 0 aliphatic carbocycles. The van der Waals surface area contributed by atoms with Gasteiger partial charge in [-0.1, -0.05) is 52.4 Å². The van der Waals surface area contributed by atoms with Crippen molar-refractivity contribution >= 4 is 5.78 Å². The van der Waals surface area contributed by atoms with Crippen LogP contribution in [-0.4, -0.2) is 10.9 Å². The standard InChI is InChI=1S/C15H28O2/c1-3-5-7-9-11-14(16)13-15(17)12-10-8-6-4-2/h13,16H,3-12H2,1-2H3/b14-13-. The minimum absolute atomic E-state index is 0.0779. The third-order valence-electron chi connectivity index (χ3n) is 2.89. The van der Waals surface area contributed by atoms with Crippen molar-refractivity contribution < 1.29 is 9.90 Å². The van der Waals surface area contributed by atoms with Gasteiger partial charge in [-0.05, 0) is 12.8 Å². The van der Waals surface area contributed by atoms with Crippen molar-refractivity contribution in [1.82, 2.24) is 0 Å². The van der Waals surface area contributed by atoms with E-state index in [1.54, 1.807) is 0 Å². The highest BCUT2D eigenvalue weighted by atomic mass is 16.3. The second-order valence-electron chi connectivity index (χ2n) is 4.72. The van der Waals surface area contributed by atoms with Crippen molar-refractivity contribution in [2.75, 3.05) is 0 Å². The van der Waals surface area contributed by atoms with Crippen molar-refractivity contribution in [3.63, 3.8) is 0 Å². The monoisotopic (exact) mass is 240 g/mol. The first kappa shape index (κ1) is 16.2. The lowest BCUT2D eigenvalue weighted by atomic mass is 10.1. The van der Waals surface area contributed by atoms with Crippen LogP contribution in [0.5, 0.6) is 0 Å². The van der Waals surface area contributed by atoms with Gasteiger partial charge in [0.2, 0.25) is 0 Å². The minimum atomic E-state index is 0.0779. The number of carbonyl (C=O) groups excluding carboxylic acids is 1. The summed E-state index contributed by atoms with van der Waals surface area (Å²) >= 11 is 0. The average Bonchev–Trinajstić information content (AvgIpc) is 2.30. The van der Waals surface area contributed by atoms with Gasteiger partial charge in [-0.2, -0.15) is 0 Å². The van der Waals surface area contributed by atoms with Crippen molar-refractivity contribution in [3.8, 4) is 0 Å². The molecule has 0 saturated heterocycles. The first-order chi connectivity index (χ1) is 8.20. The van der Waals surface area contributed by atoms with Gasteiger partial charge in [0.25, 0.3) is 0 Å². The number of aliphatic hydroxyl groups is 1. The Labute approximate surface area is 106 Å². The van der Waals surface area contributed by atoms with Crippen LogP contribution in [0.3, 0.4) is 0 Å². The SMILES string of the molecule is CCCCCCC(=O)/C=C(\O)CCCCCC. The molecule has 0 aliphatic rings. The zero-order valence-corrected chi connectivity index (χ0v) is 11.5. The van der Waals surface area contributed by atoms with E-state index in [0.717, 1.165) is 25.7 Å². The van der Waals surface area contributed by atoms with E-state index in [4.69, 9.17) is 0 Å². The molecule has 0 aromatic heterocycles. The average molecular weight is 240 g/mol. The van der Waals surface area contributed by atoms with Crippen LogP contribution >= 0.6 is 0 Å². The highest BCUT2D eigenvalue weighted by Crippen LogP contribution is 2.09. The summed E-state index contributed by atoms with van der Waals surface area (Å²) in [5, 5.41) is 9.56. The van der Waals surface area contributed by atoms with Crippen molar-refractivity contribution in [2.45, 2.75) is 78.1 Å². The molecule has 0 fully saturated rings. The summed E-state index contributed by atoms with van der Waals surface area (Å²) in [5.41, 5.74) is 0. The Kier molecular flexibility index (Phi) is 11.1. The summed E-state index contributed by atoms with van der Waals surface area (Å²) in [5.74, 6) is 0.343. The maximum atomic E-state index is 11.5. The molecule has 0 aromatic carbocycles. The fraction of sp³-hybridized carbons (Fsp3) is 0.800. The number of ketones is 1. The Morgan fingerprint density at radius 2 is 1.41 bits per heavy atom. The molecule has 0 amide bonds. The summed E-state index contributed by atoms with van der Waals surface area (Å²) in [6.07, 6.45) is 11.6. The normalized spacial score (nSPS) is 11.8. The Balaban J connectivity index is 3.59. The predicted octanol–water partition coefficient (Wildman–Crippen LogP) is 4.94. The summed E-state index contributed by atoms with van der Waals surface area (Å²) in [4.78, 5) is 11.5. The van der Waals surface area contributed by atoms with Gasteiger partial charge in [-0.15, -0.1) is 0 Å². The number of allylic oxidation sites excluding steroid dienone is 2. The van der Waals surface area contributed by atoms with Crippen LogP contribution in [0.15, 0.2) is 11.8 Å². The Hall–Kier alpha value is -0.790. The predicted molar refractivity (Wildman–Crippen MR) is 73.2 cm³/mol. The van der Waals surface area contributed by atoms with Crippen LogP contribution in [0.2, 0.25) is 0 Å². The molecule has 0 spiro atoms. The molecule has 0 bridgehead atoms. The van der Waals surface area contributed by atoms with Gasteiger partial charge in [0, 0.05) is 18.9 Å². The molecule has 17 heavy (non-hydrogen) atoms. The van der Waals surface area contributed by atoms with Gasteiger partial charge >= 0.3 is 0 Å². The van der Waals surface area contributed by atoms with Gasteiger partial charge in [0.1, 0.15) is 0 Å². The Morgan fingerprint density at radius 1 is 0.882 bits per heavy atom. The highest BCUT2D eigenvalue weighted by molar-refractivity contribution is 5.89. The largest absolute Gasteiger partial charge is 0.512 e. The molecule has 2 nitrogen and oxygen atoms in total. The lowest BCUT2D eigenvalue weighted by Gasteiger charge is -2.00. The molecular weight excluding hydrogens is 212 g/mol. The van der Waals surface area contributed by atoms with E-state index in [9.17, 15) is 9.90 Å². The number of hydrogen-bond acceptors (Lipinski definition) is 2. The van der Waals surface area contributed by atoms with Gasteiger partial charge in [0.05, 0.1) is 5.76 Å². The van der Waals surface area contributed by atoms with Crippen LogP contribution in [-0.2, 0) is 4.79 Å². The molecule has 0 heterocycles. The summed E-state index contributed by atoms with van der Waals surface area (Å²) < 4.78 is 0. The number of hydrogen-bond donors (Lipinski definition) is 1. The fourth-order valence-electron chi connectivity index (χ4n) is 1.79. The molecule has 0 rings (SSSR count). The molecule has 0 aromatic rings. The molecule has 0 radical (unpaired) electrons. The summed E-state index contributed by atoms with van der Waals surface area (Å²) in [7, 11) is 0. The second-order valence-corrected chi connectivity index (χ2v) is 4.72. The number of unbranched alkanes of at least 4 members (excludes halogenated alkanes) is 6. The molecule has 0 aliphatic heterocycles. The lowest BCUT2D eigenvalue weighted by molar-refractivity contribution is -0.114. The van der Waals surface area contributed by atoms with Crippen molar-refractivity contribution in [1.29, 1.82) is 0 Å². The van der Waals surface area contributed by atoms with Crippen LogP contribution < -0.4 is 0 Å². The first-order valence-electron chi connectivity index (χ1n) is 7.13. The number of aliphatic hydroxyl groups excluding tert-OH is 1. The zero-order chi connectivity index (χ0) is 12.9.